The van der Waals surface area contributed by atoms with E-state index in [9.17, 15) is 4.79 Å². The van der Waals surface area contributed by atoms with Crippen molar-refractivity contribution in [3.8, 4) is 5.75 Å². The smallest absolute Gasteiger partial charge is 0.171 e. The molecule has 1 heterocycles. The van der Waals surface area contributed by atoms with E-state index in [1.54, 1.807) is 0 Å². The lowest BCUT2D eigenvalue weighted by Crippen LogP contribution is -2.21. The molecule has 2 aromatic carbocycles. The van der Waals surface area contributed by atoms with Crippen LogP contribution in [0, 0.1) is 6.92 Å². The molecule has 0 amide bonds. The van der Waals surface area contributed by atoms with Crippen LogP contribution in [0.4, 0.5) is 0 Å². The molecule has 1 atom stereocenters. The van der Waals surface area contributed by atoms with Gasteiger partial charge in [0.1, 0.15) is 5.75 Å². The molecule has 1 unspecified atom stereocenters. The average Bonchev–Trinajstić information content (AvgIpc) is 2.48. The lowest BCUT2D eigenvalue weighted by molar-refractivity contribution is 0.0932. The van der Waals surface area contributed by atoms with E-state index >= 15 is 0 Å². The predicted molar refractivity (Wildman–Crippen MR) is 82.5 cm³/mol. The van der Waals surface area contributed by atoms with E-state index in [1.165, 1.54) is 0 Å². The highest BCUT2D eigenvalue weighted by atomic mass is 79.9. The SMILES string of the molecule is Cc1ccc(Br)c(C(=O)C2CCOc3ccccc32)c1. The summed E-state index contributed by atoms with van der Waals surface area (Å²) >= 11 is 3.49. The molecular weight excluding hydrogens is 316 g/mol. The maximum Gasteiger partial charge on any atom is 0.171 e. The van der Waals surface area contributed by atoms with Gasteiger partial charge >= 0.3 is 0 Å². The second-order valence-corrected chi connectivity index (χ2v) is 5.93. The Hall–Kier alpha value is -1.61. The first kappa shape index (κ1) is 13.4. The Bertz CT molecular complexity index is 664. The van der Waals surface area contributed by atoms with Crippen molar-refractivity contribution in [3.05, 3.63) is 63.6 Å². The Morgan fingerprint density at radius 3 is 2.90 bits per heavy atom. The van der Waals surface area contributed by atoms with Crippen molar-refractivity contribution in [1.29, 1.82) is 0 Å². The third kappa shape index (κ3) is 2.38. The number of hydrogen-bond acceptors (Lipinski definition) is 2. The second-order valence-electron chi connectivity index (χ2n) is 5.08. The summed E-state index contributed by atoms with van der Waals surface area (Å²) in [5, 5.41) is 0. The first-order valence-corrected chi connectivity index (χ1v) is 7.48. The van der Waals surface area contributed by atoms with Gasteiger partial charge in [0.2, 0.25) is 0 Å². The molecule has 3 rings (SSSR count). The standard InChI is InChI=1S/C17H15BrO2/c1-11-6-7-15(18)14(10-11)17(19)13-8-9-20-16-5-3-2-4-12(13)16/h2-7,10,13H,8-9H2,1H3. The summed E-state index contributed by atoms with van der Waals surface area (Å²) in [6.45, 7) is 2.60. The number of halogens is 1. The fraction of sp³-hybridized carbons (Fsp3) is 0.235. The first-order valence-electron chi connectivity index (χ1n) is 6.69. The zero-order chi connectivity index (χ0) is 14.1. The predicted octanol–water partition coefficient (Wildman–Crippen LogP) is 4.51. The summed E-state index contributed by atoms with van der Waals surface area (Å²) in [5.41, 5.74) is 2.85. The van der Waals surface area contributed by atoms with E-state index < -0.39 is 0 Å². The van der Waals surface area contributed by atoms with Crippen molar-refractivity contribution < 1.29 is 9.53 Å². The van der Waals surface area contributed by atoms with Gasteiger partial charge in [-0.3, -0.25) is 4.79 Å². The summed E-state index contributed by atoms with van der Waals surface area (Å²) in [5.74, 6) is 0.884. The van der Waals surface area contributed by atoms with E-state index in [0.717, 1.165) is 33.3 Å². The quantitative estimate of drug-likeness (QED) is 0.757. The minimum Gasteiger partial charge on any atom is -0.493 e. The van der Waals surface area contributed by atoms with Gasteiger partial charge in [-0.25, -0.2) is 0 Å². The number of rotatable bonds is 2. The van der Waals surface area contributed by atoms with Crippen LogP contribution in [0.15, 0.2) is 46.9 Å². The fourth-order valence-corrected chi connectivity index (χ4v) is 3.07. The van der Waals surface area contributed by atoms with Gasteiger partial charge in [0, 0.05) is 15.6 Å². The molecule has 1 aliphatic heterocycles. The summed E-state index contributed by atoms with van der Waals surface area (Å²) in [7, 11) is 0. The average molecular weight is 331 g/mol. The van der Waals surface area contributed by atoms with Crippen molar-refractivity contribution in [2.24, 2.45) is 0 Å². The molecule has 0 saturated carbocycles. The van der Waals surface area contributed by atoms with Gasteiger partial charge in [-0.15, -0.1) is 0 Å². The molecule has 2 nitrogen and oxygen atoms in total. The molecule has 0 spiro atoms. The maximum atomic E-state index is 12.8. The first-order chi connectivity index (χ1) is 9.66. The molecule has 0 aliphatic carbocycles. The molecule has 1 aliphatic rings. The van der Waals surface area contributed by atoms with Gasteiger partial charge < -0.3 is 4.74 Å². The molecule has 0 N–H and O–H groups in total. The molecule has 0 aromatic heterocycles. The molecule has 0 radical (unpaired) electrons. The van der Waals surface area contributed by atoms with E-state index in [0.29, 0.717) is 6.61 Å². The normalized spacial score (nSPS) is 17.2. The Balaban J connectivity index is 2.02. The summed E-state index contributed by atoms with van der Waals surface area (Å²) < 4.78 is 6.49. The number of carbonyl (C=O) groups excluding carboxylic acids is 1. The van der Waals surface area contributed by atoms with Gasteiger partial charge in [0.05, 0.1) is 12.5 Å². The number of fused-ring (bicyclic) bond motifs is 1. The lowest BCUT2D eigenvalue weighted by Gasteiger charge is -2.25. The number of Topliss-reactive ketones (excluding diaryl/α,β-unsaturated/α-hetero) is 1. The molecule has 0 fully saturated rings. The van der Waals surface area contributed by atoms with E-state index in [4.69, 9.17) is 4.74 Å². The van der Waals surface area contributed by atoms with Gasteiger partial charge in [0.15, 0.2) is 5.78 Å². The van der Waals surface area contributed by atoms with Crippen LogP contribution in [0.3, 0.4) is 0 Å². The van der Waals surface area contributed by atoms with Crippen LogP contribution < -0.4 is 4.74 Å². The third-order valence-corrected chi connectivity index (χ3v) is 4.35. The number of carbonyl (C=O) groups is 1. The Morgan fingerprint density at radius 2 is 2.05 bits per heavy atom. The zero-order valence-electron chi connectivity index (χ0n) is 11.2. The molecule has 0 bridgehead atoms. The van der Waals surface area contributed by atoms with Crippen LogP contribution in [0.1, 0.15) is 33.8 Å². The minimum absolute atomic E-state index is 0.113. The number of para-hydroxylation sites is 1. The molecule has 20 heavy (non-hydrogen) atoms. The summed E-state index contributed by atoms with van der Waals surface area (Å²) in [4.78, 5) is 12.8. The van der Waals surface area contributed by atoms with Crippen molar-refractivity contribution in [3.63, 3.8) is 0 Å². The molecule has 102 valence electrons. The number of ketones is 1. The van der Waals surface area contributed by atoms with Crippen LogP contribution in [0.25, 0.3) is 0 Å². The molecule has 3 heteroatoms. The van der Waals surface area contributed by atoms with Crippen molar-refractivity contribution in [2.75, 3.05) is 6.61 Å². The van der Waals surface area contributed by atoms with E-state index in [1.807, 2.05) is 49.4 Å². The van der Waals surface area contributed by atoms with Crippen molar-refractivity contribution in [2.45, 2.75) is 19.3 Å². The van der Waals surface area contributed by atoms with Gasteiger partial charge in [-0.2, -0.15) is 0 Å². The maximum absolute atomic E-state index is 12.8. The monoisotopic (exact) mass is 330 g/mol. The fourth-order valence-electron chi connectivity index (χ4n) is 2.63. The topological polar surface area (TPSA) is 26.3 Å². The van der Waals surface area contributed by atoms with E-state index in [2.05, 4.69) is 15.9 Å². The largest absolute Gasteiger partial charge is 0.493 e. The van der Waals surface area contributed by atoms with Crippen molar-refractivity contribution >= 4 is 21.7 Å². The van der Waals surface area contributed by atoms with Crippen LogP contribution in [0.2, 0.25) is 0 Å². The van der Waals surface area contributed by atoms with Gasteiger partial charge in [-0.1, -0.05) is 45.8 Å². The second kappa shape index (κ2) is 5.41. The molecule has 2 aromatic rings. The molecule has 0 saturated heterocycles. The van der Waals surface area contributed by atoms with Crippen LogP contribution in [-0.4, -0.2) is 12.4 Å². The highest BCUT2D eigenvalue weighted by Gasteiger charge is 2.29. The van der Waals surface area contributed by atoms with Crippen LogP contribution >= 0.6 is 15.9 Å². The van der Waals surface area contributed by atoms with Gasteiger partial charge in [0.25, 0.3) is 0 Å². The lowest BCUT2D eigenvalue weighted by atomic mass is 9.86. The van der Waals surface area contributed by atoms with Crippen LogP contribution in [0.5, 0.6) is 5.75 Å². The highest BCUT2D eigenvalue weighted by molar-refractivity contribution is 9.10. The number of aryl methyl sites for hydroxylation is 1. The van der Waals surface area contributed by atoms with Crippen molar-refractivity contribution in [1.82, 2.24) is 0 Å². The zero-order valence-corrected chi connectivity index (χ0v) is 12.8. The number of hydrogen-bond donors (Lipinski definition) is 0. The Morgan fingerprint density at radius 1 is 1.25 bits per heavy atom. The number of benzene rings is 2. The Labute approximate surface area is 126 Å². The minimum atomic E-state index is -0.113. The third-order valence-electron chi connectivity index (χ3n) is 3.66. The van der Waals surface area contributed by atoms with Gasteiger partial charge in [-0.05, 0) is 31.5 Å². The summed E-state index contributed by atoms with van der Waals surface area (Å²) in [6, 6.07) is 13.7. The molecular formula is C17H15BrO2. The Kier molecular flexibility index (Phi) is 3.62. The highest BCUT2D eigenvalue weighted by Crippen LogP contribution is 2.36. The van der Waals surface area contributed by atoms with E-state index in [-0.39, 0.29) is 11.7 Å². The number of ether oxygens (including phenoxy) is 1. The summed E-state index contributed by atoms with van der Waals surface area (Å²) in [6.07, 6.45) is 0.732. The van der Waals surface area contributed by atoms with Crippen LogP contribution in [-0.2, 0) is 0 Å².